The first-order valence-corrected chi connectivity index (χ1v) is 8.97. The number of halogens is 1. The topological polar surface area (TPSA) is 64.1 Å². The van der Waals surface area contributed by atoms with Crippen LogP contribution in [-0.2, 0) is 6.42 Å². The Labute approximate surface area is 156 Å². The lowest BCUT2D eigenvalue weighted by Crippen LogP contribution is -1.96. The van der Waals surface area contributed by atoms with Crippen LogP contribution in [0.15, 0.2) is 53.2 Å². The second kappa shape index (κ2) is 7.32. The predicted molar refractivity (Wildman–Crippen MR) is 101 cm³/mol. The number of aryl methyl sites for hydroxylation is 2. The number of unbranched alkanes of at least 4 members (excludes halogenated alkanes) is 1. The Bertz CT molecular complexity index is 1080. The van der Waals surface area contributed by atoms with E-state index in [2.05, 4.69) is 9.97 Å². The third-order valence-corrected chi connectivity index (χ3v) is 4.66. The minimum absolute atomic E-state index is 0.139. The number of aliphatic hydroxyl groups is 1. The van der Waals surface area contributed by atoms with E-state index < -0.39 is 0 Å². The Kier molecular flexibility index (Phi) is 4.73. The van der Waals surface area contributed by atoms with Gasteiger partial charge in [0.05, 0.1) is 5.69 Å². The summed E-state index contributed by atoms with van der Waals surface area (Å²) in [5.41, 5.74) is 1.60. The molecule has 0 aliphatic heterocycles. The van der Waals surface area contributed by atoms with Crippen LogP contribution >= 0.6 is 0 Å². The van der Waals surface area contributed by atoms with E-state index in [4.69, 9.17) is 9.52 Å². The first-order valence-electron chi connectivity index (χ1n) is 8.97. The van der Waals surface area contributed by atoms with Crippen LogP contribution in [0.2, 0.25) is 0 Å². The summed E-state index contributed by atoms with van der Waals surface area (Å²) in [4.78, 5) is 8.89. The van der Waals surface area contributed by atoms with Gasteiger partial charge < -0.3 is 9.52 Å². The lowest BCUT2D eigenvalue weighted by atomic mass is 10.00. The van der Waals surface area contributed by atoms with Crippen LogP contribution in [0.3, 0.4) is 0 Å². The Morgan fingerprint density at radius 1 is 1.11 bits per heavy atom. The van der Waals surface area contributed by atoms with Gasteiger partial charge >= 0.3 is 6.01 Å². The summed E-state index contributed by atoms with van der Waals surface area (Å²) in [6.07, 6.45) is 5.63. The minimum Gasteiger partial charge on any atom is -0.423 e. The van der Waals surface area contributed by atoms with Crippen molar-refractivity contribution in [2.24, 2.45) is 0 Å². The summed E-state index contributed by atoms with van der Waals surface area (Å²) < 4.78 is 22.1. The van der Waals surface area contributed by atoms with E-state index in [0.29, 0.717) is 30.0 Å². The van der Waals surface area contributed by atoms with Crippen LogP contribution in [0.1, 0.15) is 24.4 Å². The molecule has 4 aromatic rings. The van der Waals surface area contributed by atoms with Gasteiger partial charge in [0.2, 0.25) is 0 Å². The summed E-state index contributed by atoms with van der Waals surface area (Å²) >= 11 is 0. The highest BCUT2D eigenvalue weighted by atomic mass is 19.1. The molecule has 0 aliphatic rings. The van der Waals surface area contributed by atoms with Gasteiger partial charge in [-0.05, 0) is 43.7 Å². The Balaban J connectivity index is 1.87. The SMILES string of the molecule is Cc1nccn1-c1nc(CCCCO)c(-c2ccc(F)c3ccccc23)o1. The van der Waals surface area contributed by atoms with Gasteiger partial charge in [0, 0.05) is 30.0 Å². The molecule has 0 fully saturated rings. The normalized spacial score (nSPS) is 11.4. The van der Waals surface area contributed by atoms with E-state index >= 15 is 0 Å². The van der Waals surface area contributed by atoms with Gasteiger partial charge in [0.1, 0.15) is 11.6 Å². The molecule has 0 unspecified atom stereocenters. The highest BCUT2D eigenvalue weighted by Gasteiger charge is 2.19. The highest BCUT2D eigenvalue weighted by Crippen LogP contribution is 2.34. The molecule has 0 amide bonds. The number of aliphatic hydroxyl groups excluding tert-OH is 1. The molecule has 6 heteroatoms. The standard InChI is InChI=1S/C21H20FN3O2/c1-14-23-11-12-25(14)21-24-19(8-4-5-13-26)20(27-21)17-9-10-18(22)16-7-3-2-6-15(16)17/h2-3,6-7,9-12,26H,4-5,8,13H2,1H3. The summed E-state index contributed by atoms with van der Waals surface area (Å²) in [5.74, 6) is 1.14. The van der Waals surface area contributed by atoms with E-state index in [0.717, 1.165) is 28.9 Å². The molecule has 5 nitrogen and oxygen atoms in total. The third-order valence-electron chi connectivity index (χ3n) is 4.66. The van der Waals surface area contributed by atoms with Crippen LogP contribution in [0, 0.1) is 12.7 Å². The molecule has 1 N–H and O–H groups in total. The van der Waals surface area contributed by atoms with Crippen LogP contribution in [-0.4, -0.2) is 26.2 Å². The zero-order valence-electron chi connectivity index (χ0n) is 15.0. The Morgan fingerprint density at radius 2 is 1.93 bits per heavy atom. The molecule has 0 atom stereocenters. The molecule has 2 aromatic carbocycles. The monoisotopic (exact) mass is 365 g/mol. The second-order valence-corrected chi connectivity index (χ2v) is 6.44. The molecule has 27 heavy (non-hydrogen) atoms. The molecule has 4 rings (SSSR count). The third kappa shape index (κ3) is 3.24. The number of aromatic nitrogens is 3. The minimum atomic E-state index is -0.263. The van der Waals surface area contributed by atoms with Gasteiger partial charge in [-0.25, -0.2) is 9.37 Å². The Morgan fingerprint density at radius 3 is 2.67 bits per heavy atom. The molecule has 0 bridgehead atoms. The Hall–Kier alpha value is -2.99. The van der Waals surface area contributed by atoms with Crippen molar-refractivity contribution in [1.82, 2.24) is 14.5 Å². The number of rotatable bonds is 6. The summed E-state index contributed by atoms with van der Waals surface area (Å²) in [7, 11) is 0. The molecule has 0 saturated carbocycles. The molecule has 0 spiro atoms. The molecule has 0 aliphatic carbocycles. The molecule has 0 radical (unpaired) electrons. The molecular formula is C21H20FN3O2. The van der Waals surface area contributed by atoms with E-state index in [1.165, 1.54) is 6.07 Å². The van der Waals surface area contributed by atoms with Crippen molar-refractivity contribution in [1.29, 1.82) is 0 Å². The van der Waals surface area contributed by atoms with Crippen molar-refractivity contribution in [3.63, 3.8) is 0 Å². The average Bonchev–Trinajstić information content (AvgIpc) is 3.29. The van der Waals surface area contributed by atoms with E-state index in [1.807, 2.05) is 25.1 Å². The number of oxazole rings is 1. The first kappa shape index (κ1) is 17.4. The number of hydrogen-bond acceptors (Lipinski definition) is 4. The maximum Gasteiger partial charge on any atom is 0.307 e. The fraction of sp³-hybridized carbons (Fsp3) is 0.238. The zero-order valence-corrected chi connectivity index (χ0v) is 15.0. The number of nitrogens with zero attached hydrogens (tertiary/aromatic N) is 3. The average molecular weight is 365 g/mol. The van der Waals surface area contributed by atoms with Crippen LogP contribution in [0.4, 0.5) is 4.39 Å². The highest BCUT2D eigenvalue weighted by molar-refractivity contribution is 5.96. The number of fused-ring (bicyclic) bond motifs is 1. The van der Waals surface area contributed by atoms with Gasteiger partial charge in [-0.2, -0.15) is 4.98 Å². The fourth-order valence-corrected chi connectivity index (χ4v) is 3.27. The van der Waals surface area contributed by atoms with Crippen molar-refractivity contribution in [3.05, 3.63) is 66.1 Å². The molecule has 138 valence electrons. The van der Waals surface area contributed by atoms with E-state index in [9.17, 15) is 4.39 Å². The predicted octanol–water partition coefficient (Wildman–Crippen LogP) is 4.44. The molecular weight excluding hydrogens is 345 g/mol. The number of hydrogen-bond donors (Lipinski definition) is 1. The summed E-state index contributed by atoms with van der Waals surface area (Å²) in [5, 5.41) is 10.4. The first-order chi connectivity index (χ1) is 13.2. The second-order valence-electron chi connectivity index (χ2n) is 6.44. The molecule has 2 heterocycles. The van der Waals surface area contributed by atoms with Crippen LogP contribution < -0.4 is 0 Å². The van der Waals surface area contributed by atoms with Crippen molar-refractivity contribution in [3.8, 4) is 17.3 Å². The van der Waals surface area contributed by atoms with Crippen molar-refractivity contribution in [2.75, 3.05) is 6.61 Å². The van der Waals surface area contributed by atoms with Crippen molar-refractivity contribution in [2.45, 2.75) is 26.2 Å². The van der Waals surface area contributed by atoms with Crippen LogP contribution in [0.25, 0.3) is 28.1 Å². The van der Waals surface area contributed by atoms with Gasteiger partial charge in [-0.3, -0.25) is 4.57 Å². The fourth-order valence-electron chi connectivity index (χ4n) is 3.27. The quantitative estimate of drug-likeness (QED) is 0.513. The number of benzene rings is 2. The summed E-state index contributed by atoms with van der Waals surface area (Å²) in [6, 6.07) is 11.0. The zero-order chi connectivity index (χ0) is 18.8. The molecule has 2 aromatic heterocycles. The van der Waals surface area contributed by atoms with Crippen molar-refractivity contribution >= 4 is 10.8 Å². The van der Waals surface area contributed by atoms with Crippen LogP contribution in [0.5, 0.6) is 0 Å². The molecule has 0 saturated heterocycles. The lowest BCUT2D eigenvalue weighted by molar-refractivity contribution is 0.284. The van der Waals surface area contributed by atoms with Gasteiger partial charge in [-0.15, -0.1) is 0 Å². The van der Waals surface area contributed by atoms with Gasteiger partial charge in [0.25, 0.3) is 0 Å². The van der Waals surface area contributed by atoms with E-state index in [-0.39, 0.29) is 12.4 Å². The largest absolute Gasteiger partial charge is 0.423 e. The maximum atomic E-state index is 14.2. The summed E-state index contributed by atoms with van der Waals surface area (Å²) in [6.45, 7) is 2.02. The number of imidazole rings is 1. The smallest absolute Gasteiger partial charge is 0.307 e. The van der Waals surface area contributed by atoms with E-state index in [1.54, 1.807) is 29.1 Å². The van der Waals surface area contributed by atoms with Crippen molar-refractivity contribution < 1.29 is 13.9 Å². The maximum absolute atomic E-state index is 14.2. The lowest BCUT2D eigenvalue weighted by Gasteiger charge is -2.07. The van der Waals surface area contributed by atoms with Gasteiger partial charge in [0.15, 0.2) is 5.76 Å². The van der Waals surface area contributed by atoms with Gasteiger partial charge in [-0.1, -0.05) is 24.3 Å².